The van der Waals surface area contributed by atoms with Gasteiger partial charge >= 0.3 is 6.09 Å². The Morgan fingerprint density at radius 1 is 1.32 bits per heavy atom. The Hall–Kier alpha value is -3.90. The maximum atomic E-state index is 12.7. The van der Waals surface area contributed by atoms with Crippen LogP contribution in [-0.2, 0) is 29.1 Å². The average molecular weight is 477 g/mol. The van der Waals surface area contributed by atoms with Crippen LogP contribution in [0.1, 0.15) is 46.5 Å². The zero-order valence-corrected chi connectivity index (χ0v) is 19.5. The number of nitrogens with zero attached hydrogens (tertiary/aromatic N) is 3. The van der Waals surface area contributed by atoms with Crippen molar-refractivity contribution in [3.05, 3.63) is 75.9 Å². The summed E-state index contributed by atoms with van der Waals surface area (Å²) in [6, 6.07) is 14.5. The van der Waals surface area contributed by atoms with Gasteiger partial charge in [-0.05, 0) is 47.7 Å². The number of aromatic nitrogens is 1. The van der Waals surface area contributed by atoms with Gasteiger partial charge in [-0.2, -0.15) is 5.26 Å². The summed E-state index contributed by atoms with van der Waals surface area (Å²) in [5.41, 5.74) is 2.86. The third-order valence-electron chi connectivity index (χ3n) is 5.68. The second-order valence-electron chi connectivity index (χ2n) is 8.12. The van der Waals surface area contributed by atoms with E-state index in [0.29, 0.717) is 35.8 Å². The molecule has 2 N–H and O–H groups in total. The molecule has 0 saturated carbocycles. The Labute approximate surface area is 201 Å². The van der Waals surface area contributed by atoms with E-state index in [4.69, 9.17) is 4.74 Å². The van der Waals surface area contributed by atoms with Gasteiger partial charge in [-0.1, -0.05) is 25.1 Å². The van der Waals surface area contributed by atoms with Gasteiger partial charge in [0.05, 0.1) is 17.8 Å². The minimum absolute atomic E-state index is 0.0929. The Balaban J connectivity index is 1.39. The number of hydrogen-bond donors (Lipinski definition) is 2. The monoisotopic (exact) mass is 476 g/mol. The van der Waals surface area contributed by atoms with Gasteiger partial charge < -0.3 is 20.1 Å². The molecule has 9 heteroatoms. The third-order valence-corrected chi connectivity index (χ3v) is 6.81. The van der Waals surface area contributed by atoms with Gasteiger partial charge in [0.15, 0.2) is 0 Å². The Bertz CT molecular complexity index is 1240. The number of aromatic hydroxyl groups is 1. The van der Waals surface area contributed by atoms with E-state index >= 15 is 0 Å². The van der Waals surface area contributed by atoms with Gasteiger partial charge in [0, 0.05) is 24.0 Å². The van der Waals surface area contributed by atoms with E-state index in [-0.39, 0.29) is 30.6 Å². The highest BCUT2D eigenvalue weighted by atomic mass is 32.1. The van der Waals surface area contributed by atoms with Crippen molar-refractivity contribution in [2.24, 2.45) is 0 Å². The van der Waals surface area contributed by atoms with Crippen LogP contribution < -0.4 is 5.32 Å². The van der Waals surface area contributed by atoms with Crippen LogP contribution >= 0.6 is 11.3 Å². The number of thiophene rings is 1. The number of phenols is 1. The molecule has 3 aromatic rings. The number of amides is 2. The fourth-order valence-corrected chi connectivity index (χ4v) is 5.11. The van der Waals surface area contributed by atoms with Crippen molar-refractivity contribution in [3.8, 4) is 11.8 Å². The van der Waals surface area contributed by atoms with Crippen molar-refractivity contribution < 1.29 is 19.4 Å². The smallest absolute Gasteiger partial charge is 0.410 e. The molecule has 4 rings (SSSR count). The first-order valence-electron chi connectivity index (χ1n) is 10.9. The SMILES string of the molecule is CC(CC(=O)Nc1sc2c(c1C#N)CCN(C(=O)OCc1ccccn1)C2)c1cccc(O)c1. The second kappa shape index (κ2) is 10.4. The lowest BCUT2D eigenvalue weighted by molar-refractivity contribution is -0.116. The number of nitriles is 1. The minimum atomic E-state index is -0.436. The number of carbonyl (C=O) groups is 2. The normalized spacial score (nSPS) is 13.5. The number of pyridine rings is 1. The van der Waals surface area contributed by atoms with Crippen molar-refractivity contribution in [1.82, 2.24) is 9.88 Å². The molecule has 0 radical (unpaired) electrons. The summed E-state index contributed by atoms with van der Waals surface area (Å²) < 4.78 is 5.38. The first kappa shape index (κ1) is 23.3. The van der Waals surface area contributed by atoms with Crippen LogP contribution in [0.4, 0.5) is 9.80 Å². The van der Waals surface area contributed by atoms with Crippen LogP contribution in [0.3, 0.4) is 0 Å². The van der Waals surface area contributed by atoms with Gasteiger partial charge in [0.25, 0.3) is 0 Å². The Morgan fingerprint density at radius 3 is 2.91 bits per heavy atom. The summed E-state index contributed by atoms with van der Waals surface area (Å²) in [4.78, 5) is 31.8. The molecule has 1 unspecified atom stereocenters. The molecule has 174 valence electrons. The maximum absolute atomic E-state index is 12.7. The van der Waals surface area contributed by atoms with Gasteiger partial charge in [-0.3, -0.25) is 9.78 Å². The topological polar surface area (TPSA) is 116 Å². The number of carbonyl (C=O) groups excluding carboxylic acids is 2. The number of nitrogens with one attached hydrogen (secondary N) is 1. The van der Waals surface area contributed by atoms with E-state index in [2.05, 4.69) is 16.4 Å². The number of benzene rings is 1. The molecule has 2 aromatic heterocycles. The van der Waals surface area contributed by atoms with Gasteiger partial charge in [0.2, 0.25) is 5.91 Å². The molecule has 0 aliphatic carbocycles. The largest absolute Gasteiger partial charge is 0.508 e. The molecule has 0 spiro atoms. The molecule has 34 heavy (non-hydrogen) atoms. The maximum Gasteiger partial charge on any atom is 0.410 e. The highest BCUT2D eigenvalue weighted by molar-refractivity contribution is 7.16. The molecule has 1 aliphatic heterocycles. The third kappa shape index (κ3) is 5.35. The highest BCUT2D eigenvalue weighted by Crippen LogP contribution is 2.37. The molecule has 8 nitrogen and oxygen atoms in total. The molecule has 3 heterocycles. The van der Waals surface area contributed by atoms with Crippen LogP contribution in [0.25, 0.3) is 0 Å². The van der Waals surface area contributed by atoms with E-state index in [1.54, 1.807) is 41.4 Å². The number of phenolic OH excluding ortho intramolecular Hbond substituents is 1. The number of rotatable bonds is 6. The Kier molecular flexibility index (Phi) is 7.09. The summed E-state index contributed by atoms with van der Waals surface area (Å²) in [7, 11) is 0. The van der Waals surface area contributed by atoms with E-state index < -0.39 is 6.09 Å². The van der Waals surface area contributed by atoms with Crippen LogP contribution in [0.15, 0.2) is 48.7 Å². The zero-order chi connectivity index (χ0) is 24.1. The fourth-order valence-electron chi connectivity index (χ4n) is 3.88. The van der Waals surface area contributed by atoms with E-state index in [1.807, 2.05) is 19.1 Å². The quantitative estimate of drug-likeness (QED) is 0.539. The zero-order valence-electron chi connectivity index (χ0n) is 18.7. The van der Waals surface area contributed by atoms with Crippen LogP contribution in [0.5, 0.6) is 5.75 Å². The summed E-state index contributed by atoms with van der Waals surface area (Å²) in [5, 5.41) is 22.8. The summed E-state index contributed by atoms with van der Waals surface area (Å²) >= 11 is 1.32. The second-order valence-corrected chi connectivity index (χ2v) is 9.22. The van der Waals surface area contributed by atoms with E-state index in [1.165, 1.54) is 11.3 Å². The number of hydrogen-bond acceptors (Lipinski definition) is 7. The fraction of sp³-hybridized carbons (Fsp3) is 0.280. The minimum Gasteiger partial charge on any atom is -0.508 e. The number of ether oxygens (including phenoxy) is 1. The lowest BCUT2D eigenvalue weighted by atomic mass is 9.97. The van der Waals surface area contributed by atoms with Crippen LogP contribution in [0, 0.1) is 11.3 Å². The summed E-state index contributed by atoms with van der Waals surface area (Å²) in [5.74, 6) is -0.153. The molecule has 0 saturated heterocycles. The van der Waals surface area contributed by atoms with Crippen molar-refractivity contribution in [1.29, 1.82) is 5.26 Å². The van der Waals surface area contributed by atoms with E-state index in [9.17, 15) is 20.0 Å². The lowest BCUT2D eigenvalue weighted by Gasteiger charge is -2.26. The van der Waals surface area contributed by atoms with Gasteiger partial charge in [-0.15, -0.1) is 11.3 Å². The molecule has 0 bridgehead atoms. The lowest BCUT2D eigenvalue weighted by Crippen LogP contribution is -2.35. The molecular formula is C25H24N4O4S. The standard InChI is InChI=1S/C25H24N4O4S/c1-16(17-5-4-7-19(30)12-17)11-23(31)28-24-21(13-26)20-8-10-29(14-22(20)34-24)25(32)33-15-18-6-2-3-9-27-18/h2-7,9,12,16,30H,8,10-11,14-15H2,1H3,(H,28,31). The van der Waals surface area contributed by atoms with E-state index in [0.717, 1.165) is 16.0 Å². The predicted molar refractivity (Wildman–Crippen MR) is 127 cm³/mol. The van der Waals surface area contributed by atoms with Crippen molar-refractivity contribution in [3.63, 3.8) is 0 Å². The summed E-state index contributed by atoms with van der Waals surface area (Å²) in [6.07, 6.45) is 1.94. The van der Waals surface area contributed by atoms with Crippen molar-refractivity contribution >= 4 is 28.3 Å². The predicted octanol–water partition coefficient (Wildman–Crippen LogP) is 4.55. The number of anilines is 1. The molecule has 1 aromatic carbocycles. The molecule has 1 atom stereocenters. The number of fused-ring (bicyclic) bond motifs is 1. The average Bonchev–Trinajstić information content (AvgIpc) is 3.18. The first-order chi connectivity index (χ1) is 16.4. The molecule has 0 fully saturated rings. The van der Waals surface area contributed by atoms with Gasteiger partial charge in [-0.25, -0.2) is 4.79 Å². The van der Waals surface area contributed by atoms with Crippen LogP contribution in [-0.4, -0.2) is 33.5 Å². The Morgan fingerprint density at radius 2 is 2.18 bits per heavy atom. The molecule has 2 amide bonds. The van der Waals surface area contributed by atoms with Crippen LogP contribution in [0.2, 0.25) is 0 Å². The van der Waals surface area contributed by atoms with Gasteiger partial charge in [0.1, 0.15) is 23.4 Å². The summed E-state index contributed by atoms with van der Waals surface area (Å²) in [6.45, 7) is 2.76. The highest BCUT2D eigenvalue weighted by Gasteiger charge is 2.28. The van der Waals surface area contributed by atoms with Crippen molar-refractivity contribution in [2.45, 2.75) is 38.8 Å². The molecule has 1 aliphatic rings. The first-order valence-corrected chi connectivity index (χ1v) is 11.7. The molecular weight excluding hydrogens is 452 g/mol. The van der Waals surface area contributed by atoms with Crippen molar-refractivity contribution in [2.75, 3.05) is 11.9 Å².